The Bertz CT molecular complexity index is 1270. The van der Waals surface area contributed by atoms with Crippen molar-refractivity contribution in [1.29, 1.82) is 0 Å². The van der Waals surface area contributed by atoms with Crippen molar-refractivity contribution in [3.8, 4) is 11.4 Å². The highest BCUT2D eigenvalue weighted by molar-refractivity contribution is 5.90. The number of aryl methyl sites for hydroxylation is 2. The van der Waals surface area contributed by atoms with Gasteiger partial charge < -0.3 is 14.9 Å². The van der Waals surface area contributed by atoms with Crippen LogP contribution >= 0.6 is 0 Å². The normalized spacial score (nSPS) is 15.4. The quantitative estimate of drug-likeness (QED) is 0.449. The summed E-state index contributed by atoms with van der Waals surface area (Å²) < 4.78 is 0. The van der Waals surface area contributed by atoms with E-state index in [1.54, 1.807) is 0 Å². The van der Waals surface area contributed by atoms with Gasteiger partial charge in [0, 0.05) is 44.7 Å². The minimum absolute atomic E-state index is 0.139. The molecule has 1 fully saturated rings. The molecule has 0 saturated carbocycles. The van der Waals surface area contributed by atoms with Gasteiger partial charge in [0.25, 0.3) is 0 Å². The van der Waals surface area contributed by atoms with Crippen LogP contribution in [0.5, 0.6) is 0 Å². The summed E-state index contributed by atoms with van der Waals surface area (Å²) in [6.07, 6.45) is 4.76. The van der Waals surface area contributed by atoms with Crippen molar-refractivity contribution in [2.24, 2.45) is 0 Å². The van der Waals surface area contributed by atoms with E-state index < -0.39 is 0 Å². The molecular weight excluding hydrogens is 422 g/mol. The summed E-state index contributed by atoms with van der Waals surface area (Å²) in [7, 11) is 0. The van der Waals surface area contributed by atoms with Crippen molar-refractivity contribution >= 4 is 16.7 Å². The van der Waals surface area contributed by atoms with Gasteiger partial charge in [0.2, 0.25) is 0 Å². The number of aromatic nitrogens is 5. The predicted molar refractivity (Wildman–Crippen MR) is 138 cm³/mol. The van der Waals surface area contributed by atoms with Gasteiger partial charge in [0.15, 0.2) is 0 Å². The molecule has 0 unspecified atom stereocenters. The lowest BCUT2D eigenvalue weighted by Gasteiger charge is -2.35. The van der Waals surface area contributed by atoms with Gasteiger partial charge in [-0.15, -0.1) is 0 Å². The molecule has 4 aromatic rings. The third-order valence-electron chi connectivity index (χ3n) is 6.87. The lowest BCUT2D eigenvalue weighted by Crippen LogP contribution is -2.46. The second kappa shape index (κ2) is 8.87. The monoisotopic (exact) mass is 457 g/mol. The lowest BCUT2D eigenvalue weighted by molar-refractivity contribution is 0.247. The highest BCUT2D eigenvalue weighted by Crippen LogP contribution is 2.30. The SMILES string of the molecule is CCc1nc(C)c(CN2CCN(c3cncc4nc(-c5ccc(C(C)(C)C)cc5)[nH]c34)CC2)[nH]1. The van der Waals surface area contributed by atoms with Gasteiger partial charge in [0.05, 0.1) is 35.0 Å². The molecule has 0 atom stereocenters. The molecule has 0 radical (unpaired) electrons. The standard InChI is InChI=1S/C27H35N7/c1-6-24-29-18(2)22(30-24)17-33-11-13-34(14-12-33)23-16-28-15-21-25(23)32-26(31-21)19-7-9-20(10-8-19)27(3,4)5/h7-10,15-16H,6,11-14,17H2,1-5H3,(H,29,30)(H,31,32). The zero-order chi connectivity index (χ0) is 23.9. The number of rotatable bonds is 5. The zero-order valence-electron chi connectivity index (χ0n) is 20.9. The van der Waals surface area contributed by atoms with E-state index in [1.807, 2.05) is 12.4 Å². The van der Waals surface area contributed by atoms with Gasteiger partial charge >= 0.3 is 0 Å². The third kappa shape index (κ3) is 4.44. The molecule has 0 spiro atoms. The molecule has 1 aliphatic heterocycles. The molecule has 4 heterocycles. The van der Waals surface area contributed by atoms with Gasteiger partial charge in [-0.2, -0.15) is 0 Å². The number of pyridine rings is 1. The molecular formula is C27H35N7. The molecule has 7 nitrogen and oxygen atoms in total. The smallest absolute Gasteiger partial charge is 0.138 e. The van der Waals surface area contributed by atoms with Crippen LogP contribution in [0.15, 0.2) is 36.7 Å². The fraction of sp³-hybridized carbons (Fsp3) is 0.444. The summed E-state index contributed by atoms with van der Waals surface area (Å²) >= 11 is 0. The van der Waals surface area contributed by atoms with Gasteiger partial charge in [0.1, 0.15) is 17.2 Å². The fourth-order valence-corrected chi connectivity index (χ4v) is 4.68. The van der Waals surface area contributed by atoms with Crippen LogP contribution in [0.1, 0.15) is 50.5 Å². The van der Waals surface area contributed by atoms with E-state index in [4.69, 9.17) is 4.98 Å². The molecule has 7 heteroatoms. The van der Waals surface area contributed by atoms with Crippen LogP contribution in [-0.2, 0) is 18.4 Å². The number of H-pyrrole nitrogens is 2. The van der Waals surface area contributed by atoms with Crippen molar-refractivity contribution in [2.45, 2.75) is 53.0 Å². The second-order valence-electron chi connectivity index (χ2n) is 10.3. The summed E-state index contributed by atoms with van der Waals surface area (Å²) in [5, 5.41) is 0. The van der Waals surface area contributed by atoms with Crippen molar-refractivity contribution in [2.75, 3.05) is 31.1 Å². The predicted octanol–water partition coefficient (Wildman–Crippen LogP) is 4.84. The Balaban J connectivity index is 1.32. The summed E-state index contributed by atoms with van der Waals surface area (Å²) in [4.78, 5) is 26.0. The number of aromatic amines is 2. The molecule has 0 amide bonds. The Morgan fingerprint density at radius 1 is 0.941 bits per heavy atom. The Labute approximate surface area is 201 Å². The van der Waals surface area contributed by atoms with E-state index in [1.165, 1.54) is 11.3 Å². The molecule has 0 bridgehead atoms. The largest absolute Gasteiger partial charge is 0.366 e. The molecule has 34 heavy (non-hydrogen) atoms. The highest BCUT2D eigenvalue weighted by atomic mass is 15.3. The van der Waals surface area contributed by atoms with Crippen molar-refractivity contribution in [3.05, 3.63) is 59.4 Å². The van der Waals surface area contributed by atoms with Crippen LogP contribution < -0.4 is 4.90 Å². The number of nitrogens with zero attached hydrogens (tertiary/aromatic N) is 5. The average molecular weight is 458 g/mol. The molecule has 3 aromatic heterocycles. The first-order chi connectivity index (χ1) is 16.3. The molecule has 1 aromatic carbocycles. The summed E-state index contributed by atoms with van der Waals surface area (Å²) in [5.74, 6) is 1.97. The number of fused-ring (bicyclic) bond motifs is 1. The molecule has 1 aliphatic rings. The summed E-state index contributed by atoms with van der Waals surface area (Å²) in [6, 6.07) is 8.72. The minimum Gasteiger partial charge on any atom is -0.366 e. The fourth-order valence-electron chi connectivity index (χ4n) is 4.68. The van der Waals surface area contributed by atoms with Gasteiger partial charge in [-0.05, 0) is 17.9 Å². The second-order valence-corrected chi connectivity index (χ2v) is 10.3. The average Bonchev–Trinajstić information content (AvgIpc) is 3.42. The first-order valence-corrected chi connectivity index (χ1v) is 12.3. The Kier molecular flexibility index (Phi) is 5.90. The van der Waals surface area contributed by atoms with E-state index in [0.717, 1.165) is 78.8 Å². The number of nitrogens with one attached hydrogen (secondary N) is 2. The maximum Gasteiger partial charge on any atom is 0.138 e. The summed E-state index contributed by atoms with van der Waals surface area (Å²) in [5.41, 5.74) is 8.03. The van der Waals surface area contributed by atoms with Crippen molar-refractivity contribution in [3.63, 3.8) is 0 Å². The molecule has 178 valence electrons. The maximum atomic E-state index is 4.85. The molecule has 0 aliphatic carbocycles. The van der Waals surface area contributed by atoms with E-state index in [2.05, 4.69) is 88.6 Å². The van der Waals surface area contributed by atoms with Crippen LogP contribution in [0.2, 0.25) is 0 Å². The van der Waals surface area contributed by atoms with Gasteiger partial charge in [-0.3, -0.25) is 9.88 Å². The Morgan fingerprint density at radius 3 is 2.32 bits per heavy atom. The van der Waals surface area contributed by atoms with Crippen LogP contribution in [0.25, 0.3) is 22.4 Å². The van der Waals surface area contributed by atoms with Crippen molar-refractivity contribution in [1.82, 2.24) is 29.8 Å². The number of piperazine rings is 1. The number of hydrogen-bond donors (Lipinski definition) is 2. The molecule has 2 N–H and O–H groups in total. The Hall–Kier alpha value is -3.19. The first kappa shape index (κ1) is 22.6. The zero-order valence-corrected chi connectivity index (χ0v) is 20.9. The third-order valence-corrected chi connectivity index (χ3v) is 6.87. The van der Waals surface area contributed by atoms with Gasteiger partial charge in [-0.1, -0.05) is 52.0 Å². The van der Waals surface area contributed by atoms with Crippen LogP contribution in [-0.4, -0.2) is 56.0 Å². The number of benzene rings is 1. The van der Waals surface area contributed by atoms with Gasteiger partial charge in [-0.25, -0.2) is 9.97 Å². The number of anilines is 1. The van der Waals surface area contributed by atoms with E-state index >= 15 is 0 Å². The van der Waals surface area contributed by atoms with E-state index in [0.29, 0.717) is 0 Å². The topological polar surface area (TPSA) is 76.7 Å². The van der Waals surface area contributed by atoms with Crippen LogP contribution in [0.3, 0.4) is 0 Å². The van der Waals surface area contributed by atoms with Crippen molar-refractivity contribution < 1.29 is 0 Å². The van der Waals surface area contributed by atoms with E-state index in [-0.39, 0.29) is 5.41 Å². The van der Waals surface area contributed by atoms with Crippen LogP contribution in [0, 0.1) is 6.92 Å². The van der Waals surface area contributed by atoms with Crippen LogP contribution in [0.4, 0.5) is 5.69 Å². The number of hydrogen-bond acceptors (Lipinski definition) is 5. The first-order valence-electron chi connectivity index (χ1n) is 12.3. The number of imidazole rings is 2. The summed E-state index contributed by atoms with van der Waals surface area (Å²) in [6.45, 7) is 15.8. The maximum absolute atomic E-state index is 4.85. The minimum atomic E-state index is 0.139. The lowest BCUT2D eigenvalue weighted by atomic mass is 9.87. The molecule has 5 rings (SSSR count). The Morgan fingerprint density at radius 2 is 1.68 bits per heavy atom. The molecule has 1 saturated heterocycles. The highest BCUT2D eigenvalue weighted by Gasteiger charge is 2.22. The van der Waals surface area contributed by atoms with E-state index in [9.17, 15) is 0 Å².